The van der Waals surface area contributed by atoms with Crippen LogP contribution in [0, 0.1) is 5.92 Å². The van der Waals surface area contributed by atoms with Gasteiger partial charge in [-0.05, 0) is 44.4 Å². The largest absolute Gasteiger partial charge is 0.497 e. The number of carbonyl (C=O) groups is 1. The predicted octanol–water partition coefficient (Wildman–Crippen LogP) is 2.71. The van der Waals surface area contributed by atoms with Gasteiger partial charge in [0, 0.05) is 17.3 Å². The van der Waals surface area contributed by atoms with Crippen LogP contribution in [0.5, 0.6) is 5.75 Å². The van der Waals surface area contributed by atoms with E-state index in [0.29, 0.717) is 0 Å². The Morgan fingerprint density at radius 1 is 1.35 bits per heavy atom. The van der Waals surface area contributed by atoms with Crippen LogP contribution in [-0.2, 0) is 4.79 Å². The second kappa shape index (κ2) is 6.24. The van der Waals surface area contributed by atoms with Crippen LogP contribution in [0.2, 0.25) is 0 Å². The van der Waals surface area contributed by atoms with Crippen molar-refractivity contribution in [1.29, 1.82) is 0 Å². The maximum Gasteiger partial charge on any atom is 0.256 e. The molecule has 1 aliphatic rings. The first-order chi connectivity index (χ1) is 10.7. The average molecular weight is 317 g/mol. The van der Waals surface area contributed by atoms with Crippen molar-refractivity contribution in [2.45, 2.75) is 46.2 Å². The van der Waals surface area contributed by atoms with Crippen molar-refractivity contribution in [3.8, 4) is 5.75 Å². The normalized spacial score (nSPS) is 17.4. The fourth-order valence-electron chi connectivity index (χ4n) is 3.47. The number of carbonyl (C=O) groups excluding carboxylic acids is 1. The number of hydrogen-bond acceptors (Lipinski definition) is 4. The van der Waals surface area contributed by atoms with Crippen molar-refractivity contribution >= 4 is 17.2 Å². The number of ether oxygens (including phenoxy) is 1. The molecule has 0 fully saturated rings. The fraction of sp³-hybridized carbons (Fsp3) is 0.500. The number of hydrogen-bond donors (Lipinski definition) is 2. The summed E-state index contributed by atoms with van der Waals surface area (Å²) in [6.45, 7) is 10.4. The molecule has 0 unspecified atom stereocenters. The lowest BCUT2D eigenvalue weighted by atomic mass is 9.85. The number of nitrogens with zero attached hydrogens (tertiary/aromatic N) is 1. The lowest BCUT2D eigenvalue weighted by molar-refractivity contribution is -0.123. The van der Waals surface area contributed by atoms with Gasteiger partial charge in [0.25, 0.3) is 5.91 Å². The number of nitrogens with one attached hydrogen (secondary N) is 1. The van der Waals surface area contributed by atoms with Gasteiger partial charge in [-0.3, -0.25) is 10.2 Å². The molecule has 0 saturated heterocycles. The van der Waals surface area contributed by atoms with Crippen molar-refractivity contribution in [3.63, 3.8) is 0 Å². The molecule has 1 aromatic carbocycles. The third-order valence-electron chi connectivity index (χ3n) is 4.40. The van der Waals surface area contributed by atoms with Crippen LogP contribution in [0.15, 0.2) is 24.3 Å². The molecular formula is C18H27N3O2. The number of methoxy groups -OCH3 is 1. The molecule has 126 valence electrons. The number of amides is 1. The third-order valence-corrected chi connectivity index (χ3v) is 4.40. The van der Waals surface area contributed by atoms with Gasteiger partial charge >= 0.3 is 0 Å². The van der Waals surface area contributed by atoms with Crippen molar-refractivity contribution in [3.05, 3.63) is 29.8 Å². The van der Waals surface area contributed by atoms with E-state index in [1.165, 1.54) is 5.57 Å². The molecule has 0 spiro atoms. The Morgan fingerprint density at radius 3 is 2.52 bits per heavy atom. The highest BCUT2D eigenvalue weighted by Gasteiger charge is 2.40. The van der Waals surface area contributed by atoms with Crippen molar-refractivity contribution in [2.75, 3.05) is 12.0 Å². The van der Waals surface area contributed by atoms with E-state index in [9.17, 15) is 4.79 Å². The molecule has 0 saturated carbocycles. The van der Waals surface area contributed by atoms with E-state index in [2.05, 4.69) is 37.2 Å². The molecule has 0 aromatic heterocycles. The number of allylic oxidation sites excluding steroid dienone is 1. The van der Waals surface area contributed by atoms with Crippen LogP contribution in [0.4, 0.5) is 5.69 Å². The Hall–Kier alpha value is -2.01. The Bertz CT molecular complexity index is 635. The predicted molar refractivity (Wildman–Crippen MR) is 94.2 cm³/mol. The number of rotatable bonds is 4. The molecule has 23 heavy (non-hydrogen) atoms. The summed E-state index contributed by atoms with van der Waals surface area (Å²) in [5.41, 5.74) is 5.31. The third kappa shape index (κ3) is 3.06. The summed E-state index contributed by atoms with van der Waals surface area (Å²) in [4.78, 5) is 14.6. The monoisotopic (exact) mass is 317 g/mol. The van der Waals surface area contributed by atoms with Gasteiger partial charge in [0.15, 0.2) is 0 Å². The summed E-state index contributed by atoms with van der Waals surface area (Å²) in [6, 6.07) is 5.61. The first kappa shape index (κ1) is 17.3. The van der Waals surface area contributed by atoms with Crippen molar-refractivity contribution in [1.82, 2.24) is 5.43 Å². The molecule has 1 aliphatic heterocycles. The number of nitrogens with two attached hydrogens (primary N) is 1. The SMILES string of the molecule is COc1ccc2c(c1)N([C@H](C(=O)NN)C(C)C)C(C)(C)C=C2C. The highest BCUT2D eigenvalue weighted by molar-refractivity contribution is 5.90. The zero-order valence-electron chi connectivity index (χ0n) is 14.8. The van der Waals surface area contributed by atoms with E-state index in [4.69, 9.17) is 10.6 Å². The smallest absolute Gasteiger partial charge is 0.256 e. The molecule has 1 atom stereocenters. The van der Waals surface area contributed by atoms with E-state index in [-0.39, 0.29) is 23.4 Å². The van der Waals surface area contributed by atoms with Gasteiger partial charge in [0.05, 0.1) is 12.6 Å². The van der Waals surface area contributed by atoms with Gasteiger partial charge in [0.1, 0.15) is 11.8 Å². The Morgan fingerprint density at radius 2 is 2.00 bits per heavy atom. The molecule has 1 amide bonds. The summed E-state index contributed by atoms with van der Waals surface area (Å²) in [7, 11) is 1.65. The first-order valence-electron chi connectivity index (χ1n) is 7.90. The van der Waals surface area contributed by atoms with Gasteiger partial charge in [-0.2, -0.15) is 0 Å². The lowest BCUT2D eigenvalue weighted by Crippen LogP contribution is -2.59. The van der Waals surface area contributed by atoms with Crippen molar-refractivity contribution in [2.24, 2.45) is 11.8 Å². The molecular weight excluding hydrogens is 290 g/mol. The zero-order valence-corrected chi connectivity index (χ0v) is 14.8. The van der Waals surface area contributed by atoms with Gasteiger partial charge in [-0.15, -0.1) is 0 Å². The molecule has 1 aromatic rings. The Kier molecular flexibility index (Phi) is 4.71. The quantitative estimate of drug-likeness (QED) is 0.509. The maximum absolute atomic E-state index is 12.5. The van der Waals surface area contributed by atoms with Crippen LogP contribution in [0.3, 0.4) is 0 Å². The molecule has 0 radical (unpaired) electrons. The van der Waals surface area contributed by atoms with Gasteiger partial charge in [0.2, 0.25) is 0 Å². The summed E-state index contributed by atoms with van der Waals surface area (Å²) in [5.74, 6) is 6.13. The van der Waals surface area contributed by atoms with Crippen LogP contribution in [0.25, 0.3) is 5.57 Å². The number of benzene rings is 1. The minimum atomic E-state index is -0.370. The number of hydrazine groups is 1. The topological polar surface area (TPSA) is 67.6 Å². The lowest BCUT2D eigenvalue weighted by Gasteiger charge is -2.48. The molecule has 0 aliphatic carbocycles. The van der Waals surface area contributed by atoms with E-state index >= 15 is 0 Å². The Labute approximate surface area is 138 Å². The first-order valence-corrected chi connectivity index (χ1v) is 7.90. The van der Waals surface area contributed by atoms with Gasteiger partial charge in [-0.25, -0.2) is 5.84 Å². The molecule has 5 heteroatoms. The van der Waals surface area contributed by atoms with Gasteiger partial charge in [-0.1, -0.05) is 19.9 Å². The summed E-state index contributed by atoms with van der Waals surface area (Å²) in [6.07, 6.45) is 2.20. The van der Waals surface area contributed by atoms with E-state index < -0.39 is 0 Å². The standard InChI is InChI=1S/C18H27N3O2/c1-11(2)16(17(22)20-19)21-15-9-13(23-6)7-8-14(15)12(3)10-18(21,4)5/h7-11,16H,19H2,1-6H3,(H,20,22)/t16-/m0/s1. The van der Waals surface area contributed by atoms with Gasteiger partial charge < -0.3 is 9.64 Å². The molecule has 3 N–H and O–H groups in total. The van der Waals surface area contributed by atoms with Crippen molar-refractivity contribution < 1.29 is 9.53 Å². The summed E-state index contributed by atoms with van der Waals surface area (Å²) in [5, 5.41) is 0. The highest BCUT2D eigenvalue weighted by Crippen LogP contribution is 2.42. The van der Waals surface area contributed by atoms with Crippen LogP contribution in [-0.4, -0.2) is 24.6 Å². The van der Waals surface area contributed by atoms with Crippen LogP contribution >= 0.6 is 0 Å². The summed E-state index contributed by atoms with van der Waals surface area (Å²) < 4.78 is 5.39. The summed E-state index contributed by atoms with van der Waals surface area (Å²) >= 11 is 0. The molecule has 2 rings (SSSR count). The van der Waals surface area contributed by atoms with E-state index in [1.54, 1.807) is 7.11 Å². The van der Waals surface area contributed by atoms with E-state index in [0.717, 1.165) is 17.0 Å². The van der Waals surface area contributed by atoms with E-state index in [1.807, 2.05) is 32.0 Å². The number of anilines is 1. The minimum absolute atomic E-state index is 0.101. The molecule has 5 nitrogen and oxygen atoms in total. The zero-order chi connectivity index (χ0) is 17.4. The minimum Gasteiger partial charge on any atom is -0.497 e. The molecule has 0 bridgehead atoms. The Balaban J connectivity index is 2.68. The maximum atomic E-state index is 12.5. The van der Waals surface area contributed by atoms with Crippen LogP contribution in [0.1, 0.15) is 40.2 Å². The fourth-order valence-corrected chi connectivity index (χ4v) is 3.47. The average Bonchev–Trinajstić information content (AvgIpc) is 2.49. The highest BCUT2D eigenvalue weighted by atomic mass is 16.5. The second-order valence-corrected chi connectivity index (χ2v) is 6.93. The second-order valence-electron chi connectivity index (χ2n) is 6.93. The molecule has 1 heterocycles. The number of fused-ring (bicyclic) bond motifs is 1. The van der Waals surface area contributed by atoms with Crippen LogP contribution < -0.4 is 20.9 Å².